The number of benzene rings is 1. The lowest BCUT2D eigenvalue weighted by atomic mass is 10.1. The molecule has 0 N–H and O–H groups in total. The highest BCUT2D eigenvalue weighted by atomic mass is 16.2. The minimum atomic E-state index is -0.0850. The van der Waals surface area contributed by atoms with E-state index in [2.05, 4.69) is 37.7 Å². The Morgan fingerprint density at radius 1 is 1.00 bits per heavy atom. The molecule has 0 aliphatic heterocycles. The summed E-state index contributed by atoms with van der Waals surface area (Å²) in [6.07, 6.45) is 11.6. The minimum Gasteiger partial charge on any atom is -0.310 e. The Labute approximate surface area is 198 Å². The minimum absolute atomic E-state index is 0.0850. The van der Waals surface area contributed by atoms with Gasteiger partial charge < -0.3 is 9.47 Å². The molecule has 0 radical (unpaired) electrons. The molecular formula is C27H26N6O. The van der Waals surface area contributed by atoms with Gasteiger partial charge in [-0.1, -0.05) is 18.2 Å². The number of pyridine rings is 2. The molecule has 7 heteroatoms. The number of carbonyl (C=O) groups excluding carboxylic acids is 1. The van der Waals surface area contributed by atoms with Crippen molar-refractivity contribution in [2.75, 3.05) is 4.90 Å². The van der Waals surface area contributed by atoms with Crippen LogP contribution >= 0.6 is 0 Å². The Balaban J connectivity index is 1.33. The molecule has 4 aromatic rings. The fraction of sp³-hybridized carbons (Fsp3) is 0.296. The molecule has 0 spiro atoms. The largest absolute Gasteiger partial charge is 0.310 e. The predicted octanol–water partition coefficient (Wildman–Crippen LogP) is 5.18. The van der Waals surface area contributed by atoms with Crippen LogP contribution in [0.25, 0.3) is 22.5 Å². The number of nitrogens with zero attached hydrogens (tertiary/aromatic N) is 6. The van der Waals surface area contributed by atoms with Crippen LogP contribution in [0.3, 0.4) is 0 Å². The molecule has 1 aromatic carbocycles. The van der Waals surface area contributed by atoms with Crippen LogP contribution in [0.15, 0.2) is 73.4 Å². The predicted molar refractivity (Wildman–Crippen MR) is 130 cm³/mol. The van der Waals surface area contributed by atoms with Crippen LogP contribution in [-0.4, -0.2) is 36.7 Å². The average Bonchev–Trinajstić information content (AvgIpc) is 3.83. The SMILES string of the molecule is C[C@@H](C1CC1)n1cnnc1-c1cccc(N(C(=O)c2cc(-c3cccnc3)ccn2)C2CC2)c1. The van der Waals surface area contributed by atoms with Crippen molar-refractivity contribution in [1.29, 1.82) is 0 Å². The lowest BCUT2D eigenvalue weighted by Gasteiger charge is -2.23. The normalized spacial score (nSPS) is 16.3. The molecule has 6 rings (SSSR count). The van der Waals surface area contributed by atoms with E-state index < -0.39 is 0 Å². The van der Waals surface area contributed by atoms with Crippen molar-refractivity contribution in [1.82, 2.24) is 24.7 Å². The van der Waals surface area contributed by atoms with E-state index in [9.17, 15) is 4.79 Å². The third-order valence-electron chi connectivity index (χ3n) is 6.80. The molecule has 0 saturated heterocycles. The maximum absolute atomic E-state index is 13.7. The van der Waals surface area contributed by atoms with Crippen LogP contribution in [0, 0.1) is 5.92 Å². The first-order valence-corrected chi connectivity index (χ1v) is 11.9. The van der Waals surface area contributed by atoms with Gasteiger partial charge in [0.2, 0.25) is 0 Å². The zero-order valence-corrected chi connectivity index (χ0v) is 19.1. The van der Waals surface area contributed by atoms with Crippen LogP contribution in [0.2, 0.25) is 0 Å². The summed E-state index contributed by atoms with van der Waals surface area (Å²) < 4.78 is 2.17. The summed E-state index contributed by atoms with van der Waals surface area (Å²) in [6, 6.07) is 16.3. The molecule has 3 aromatic heterocycles. The van der Waals surface area contributed by atoms with E-state index in [1.807, 2.05) is 53.7 Å². The maximum atomic E-state index is 13.7. The Morgan fingerprint density at radius 2 is 1.85 bits per heavy atom. The van der Waals surface area contributed by atoms with E-state index in [1.165, 1.54) is 12.8 Å². The first-order chi connectivity index (χ1) is 16.7. The van der Waals surface area contributed by atoms with Crippen LogP contribution < -0.4 is 4.90 Å². The van der Waals surface area contributed by atoms with Gasteiger partial charge in [0.1, 0.15) is 12.0 Å². The molecular weight excluding hydrogens is 424 g/mol. The third kappa shape index (κ3) is 3.98. The molecule has 1 amide bonds. The number of hydrogen-bond donors (Lipinski definition) is 0. The molecule has 0 bridgehead atoms. The van der Waals surface area contributed by atoms with E-state index in [4.69, 9.17) is 0 Å². The second-order valence-corrected chi connectivity index (χ2v) is 9.27. The van der Waals surface area contributed by atoms with Gasteiger partial charge in [-0.3, -0.25) is 14.8 Å². The van der Waals surface area contributed by atoms with Crippen LogP contribution in [0.1, 0.15) is 49.1 Å². The second-order valence-electron chi connectivity index (χ2n) is 9.27. The van der Waals surface area contributed by atoms with Crippen LogP contribution in [0.5, 0.6) is 0 Å². The Hall–Kier alpha value is -3.87. The van der Waals surface area contributed by atoms with E-state index in [-0.39, 0.29) is 11.9 Å². The lowest BCUT2D eigenvalue weighted by Crippen LogP contribution is -2.33. The van der Waals surface area contributed by atoms with Crippen LogP contribution in [0.4, 0.5) is 5.69 Å². The number of rotatable bonds is 7. The zero-order chi connectivity index (χ0) is 23.1. The van der Waals surface area contributed by atoms with Gasteiger partial charge in [-0.2, -0.15) is 0 Å². The summed E-state index contributed by atoms with van der Waals surface area (Å²) in [5.41, 5.74) is 4.16. The van der Waals surface area contributed by atoms with Crippen molar-refractivity contribution in [2.45, 2.75) is 44.7 Å². The van der Waals surface area contributed by atoms with E-state index in [1.54, 1.807) is 18.6 Å². The summed E-state index contributed by atoms with van der Waals surface area (Å²) in [5.74, 6) is 1.46. The van der Waals surface area contributed by atoms with Crippen LogP contribution in [-0.2, 0) is 0 Å². The topological polar surface area (TPSA) is 76.8 Å². The number of hydrogen-bond acceptors (Lipinski definition) is 5. The third-order valence-corrected chi connectivity index (χ3v) is 6.80. The number of amides is 1. The monoisotopic (exact) mass is 450 g/mol. The van der Waals surface area contributed by atoms with E-state index in [0.29, 0.717) is 17.7 Å². The summed E-state index contributed by atoms with van der Waals surface area (Å²) in [7, 11) is 0. The molecule has 34 heavy (non-hydrogen) atoms. The Kier molecular flexibility index (Phi) is 5.17. The average molecular weight is 451 g/mol. The van der Waals surface area contributed by atoms with E-state index in [0.717, 1.165) is 41.0 Å². The molecule has 3 heterocycles. The van der Waals surface area contributed by atoms with Crippen molar-refractivity contribution < 1.29 is 4.79 Å². The summed E-state index contributed by atoms with van der Waals surface area (Å²) in [4.78, 5) is 24.2. The second kappa shape index (κ2) is 8.48. The molecule has 7 nitrogen and oxygen atoms in total. The highest BCUT2D eigenvalue weighted by molar-refractivity contribution is 6.06. The lowest BCUT2D eigenvalue weighted by molar-refractivity contribution is 0.0980. The molecule has 2 saturated carbocycles. The van der Waals surface area contributed by atoms with Crippen molar-refractivity contribution in [3.05, 3.63) is 79.1 Å². The molecule has 2 aliphatic carbocycles. The van der Waals surface area contributed by atoms with Crippen molar-refractivity contribution in [3.63, 3.8) is 0 Å². The quantitative estimate of drug-likeness (QED) is 0.388. The van der Waals surface area contributed by atoms with E-state index >= 15 is 0 Å². The summed E-state index contributed by atoms with van der Waals surface area (Å²) in [5, 5.41) is 8.61. The van der Waals surface area contributed by atoms with Crippen molar-refractivity contribution in [2.24, 2.45) is 5.92 Å². The van der Waals surface area contributed by atoms with Gasteiger partial charge in [-0.05, 0) is 74.4 Å². The molecule has 2 aliphatic rings. The van der Waals surface area contributed by atoms with Gasteiger partial charge in [-0.15, -0.1) is 10.2 Å². The zero-order valence-electron chi connectivity index (χ0n) is 19.1. The van der Waals surface area contributed by atoms with Gasteiger partial charge in [0.15, 0.2) is 5.82 Å². The number of aromatic nitrogens is 5. The van der Waals surface area contributed by atoms with Gasteiger partial charge >= 0.3 is 0 Å². The fourth-order valence-corrected chi connectivity index (χ4v) is 4.56. The summed E-state index contributed by atoms with van der Waals surface area (Å²) >= 11 is 0. The number of anilines is 1. The highest BCUT2D eigenvalue weighted by Gasteiger charge is 2.35. The maximum Gasteiger partial charge on any atom is 0.277 e. The summed E-state index contributed by atoms with van der Waals surface area (Å²) in [6.45, 7) is 2.23. The molecule has 170 valence electrons. The Morgan fingerprint density at radius 3 is 2.62 bits per heavy atom. The van der Waals surface area contributed by atoms with Crippen molar-refractivity contribution >= 4 is 11.6 Å². The van der Waals surface area contributed by atoms with Gasteiger partial charge in [0.25, 0.3) is 5.91 Å². The van der Waals surface area contributed by atoms with Gasteiger partial charge in [0, 0.05) is 47.5 Å². The van der Waals surface area contributed by atoms with Gasteiger partial charge in [0.05, 0.1) is 0 Å². The van der Waals surface area contributed by atoms with Crippen molar-refractivity contribution in [3.8, 4) is 22.5 Å². The Bertz CT molecular complexity index is 1330. The van der Waals surface area contributed by atoms with Gasteiger partial charge in [-0.25, -0.2) is 0 Å². The smallest absolute Gasteiger partial charge is 0.277 e. The fourth-order valence-electron chi connectivity index (χ4n) is 4.56. The molecule has 1 atom stereocenters. The number of carbonyl (C=O) groups is 1. The first kappa shape index (κ1) is 20.7. The first-order valence-electron chi connectivity index (χ1n) is 11.9. The highest BCUT2D eigenvalue weighted by Crippen LogP contribution is 2.41. The molecule has 0 unspecified atom stereocenters. The standard InChI is InChI=1S/C27H26N6O/c1-18(19-7-8-19)32-17-30-31-26(32)21-4-2-6-24(14-21)33(23-9-10-23)27(34)25-15-20(11-13-29-25)22-5-3-12-28-16-22/h2-6,11-19,23H,7-10H2,1H3/t18-/m0/s1. The molecule has 2 fully saturated rings.